The Kier molecular flexibility index (Phi) is 19.0. The SMILES string of the molecule is CCCCOCC(O)COc1ccc(-c2nc(-c3ccc(OCC(O)COCCCC)cc3O)nc(-c3ccc(OCC(O)COCCCC)cc3O)n2)c(O)c1. The van der Waals surface area contributed by atoms with E-state index in [-0.39, 0.29) is 108 Å². The minimum atomic E-state index is -0.865. The van der Waals surface area contributed by atoms with Crippen LogP contribution in [-0.2, 0) is 14.2 Å². The van der Waals surface area contributed by atoms with Crippen LogP contribution in [0.5, 0.6) is 34.5 Å². The molecule has 4 aromatic rings. The molecule has 0 aliphatic carbocycles. The molecule has 312 valence electrons. The predicted octanol–water partition coefficient (Wildman–Crippen LogP) is 5.66. The number of hydrogen-bond acceptors (Lipinski definition) is 15. The third-order valence-corrected chi connectivity index (χ3v) is 8.45. The van der Waals surface area contributed by atoms with Crippen molar-refractivity contribution in [2.75, 3.05) is 59.5 Å². The monoisotopic (exact) mass is 795 g/mol. The van der Waals surface area contributed by atoms with Gasteiger partial charge in [-0.15, -0.1) is 0 Å². The molecule has 57 heavy (non-hydrogen) atoms. The van der Waals surface area contributed by atoms with E-state index in [0.29, 0.717) is 19.8 Å². The van der Waals surface area contributed by atoms with Gasteiger partial charge in [0.05, 0.1) is 36.5 Å². The van der Waals surface area contributed by atoms with Crippen LogP contribution < -0.4 is 14.2 Å². The Bertz CT molecular complexity index is 1580. The topological polar surface area (TPSA) is 215 Å². The number of unbranched alkanes of at least 4 members (excludes halogenated alkanes) is 3. The average molecular weight is 796 g/mol. The van der Waals surface area contributed by atoms with Gasteiger partial charge in [0, 0.05) is 38.0 Å². The lowest BCUT2D eigenvalue weighted by atomic mass is 10.1. The maximum Gasteiger partial charge on any atom is 0.167 e. The van der Waals surface area contributed by atoms with E-state index >= 15 is 0 Å². The molecule has 3 atom stereocenters. The smallest absolute Gasteiger partial charge is 0.167 e. The highest BCUT2D eigenvalue weighted by molar-refractivity contribution is 5.74. The Balaban J connectivity index is 1.59. The Labute approximate surface area is 333 Å². The van der Waals surface area contributed by atoms with Crippen molar-refractivity contribution in [2.45, 2.75) is 77.6 Å². The molecule has 1 heterocycles. The van der Waals surface area contributed by atoms with Gasteiger partial charge in [-0.3, -0.25) is 0 Å². The number of phenols is 3. The summed E-state index contributed by atoms with van der Waals surface area (Å²) in [7, 11) is 0. The van der Waals surface area contributed by atoms with Gasteiger partial charge in [-0.2, -0.15) is 0 Å². The third kappa shape index (κ3) is 14.9. The van der Waals surface area contributed by atoms with Crippen molar-refractivity contribution in [1.82, 2.24) is 15.0 Å². The molecule has 0 amide bonds. The predicted molar refractivity (Wildman–Crippen MR) is 213 cm³/mol. The van der Waals surface area contributed by atoms with Crippen molar-refractivity contribution < 1.29 is 59.1 Å². The molecule has 1 aromatic heterocycles. The summed E-state index contributed by atoms with van der Waals surface area (Å²) in [6.07, 6.45) is 3.03. The molecule has 0 bridgehead atoms. The molecule has 15 nitrogen and oxygen atoms in total. The van der Waals surface area contributed by atoms with Crippen LogP contribution in [0.4, 0.5) is 0 Å². The molecule has 0 saturated carbocycles. The number of rotatable bonds is 27. The zero-order chi connectivity index (χ0) is 41.0. The molecule has 15 heteroatoms. The standard InChI is InChI=1S/C42H57N3O12/c1-4-7-16-52-22-28(46)25-55-31-10-13-34(37(49)19-31)40-43-41(35-14-11-32(20-38(35)50)56-26-29(47)23-53-17-8-5-2)45-42(44-40)36-15-12-33(21-39(36)51)57-27-30(48)24-54-18-9-6-3/h10-15,19-21,28-30,46-51H,4-9,16-18,22-27H2,1-3H3. The molecule has 3 unspecified atom stereocenters. The van der Waals surface area contributed by atoms with E-state index < -0.39 is 18.3 Å². The van der Waals surface area contributed by atoms with Gasteiger partial charge in [0.15, 0.2) is 17.5 Å². The summed E-state index contributed by atoms with van der Waals surface area (Å²) in [4.78, 5) is 13.7. The first-order chi connectivity index (χ1) is 27.6. The molecule has 0 fully saturated rings. The number of benzene rings is 3. The van der Waals surface area contributed by atoms with E-state index in [1.165, 1.54) is 18.2 Å². The fraction of sp³-hybridized carbons (Fsp3) is 0.500. The van der Waals surface area contributed by atoms with E-state index in [9.17, 15) is 30.6 Å². The molecule has 3 aromatic carbocycles. The zero-order valence-corrected chi connectivity index (χ0v) is 33.0. The number of hydrogen-bond donors (Lipinski definition) is 6. The van der Waals surface area contributed by atoms with E-state index in [2.05, 4.69) is 35.7 Å². The number of phenolic OH excluding ortho intramolecular Hbond substituents is 3. The van der Waals surface area contributed by atoms with Crippen molar-refractivity contribution >= 4 is 0 Å². The van der Waals surface area contributed by atoms with Crippen molar-refractivity contribution in [3.63, 3.8) is 0 Å². The number of aliphatic hydroxyl groups is 3. The Morgan fingerprint density at radius 1 is 0.439 bits per heavy atom. The number of nitrogens with zero attached hydrogens (tertiary/aromatic N) is 3. The second-order valence-electron chi connectivity index (χ2n) is 13.5. The summed E-state index contributed by atoms with van der Waals surface area (Å²) in [5.41, 5.74) is 0.583. The molecule has 0 saturated heterocycles. The average Bonchev–Trinajstić information content (AvgIpc) is 3.20. The molecule has 6 N–H and O–H groups in total. The van der Waals surface area contributed by atoms with Crippen molar-refractivity contribution in [3.8, 4) is 68.7 Å². The fourth-order valence-electron chi connectivity index (χ4n) is 5.23. The normalized spacial score (nSPS) is 12.9. The maximum atomic E-state index is 11.1. The van der Waals surface area contributed by atoms with Gasteiger partial charge in [0.1, 0.15) is 72.6 Å². The van der Waals surface area contributed by atoms with Gasteiger partial charge in [-0.05, 0) is 55.7 Å². The van der Waals surface area contributed by atoms with Crippen LogP contribution >= 0.6 is 0 Å². The van der Waals surface area contributed by atoms with E-state index in [1.54, 1.807) is 36.4 Å². The quantitative estimate of drug-likeness (QED) is 0.0402. The van der Waals surface area contributed by atoms with Gasteiger partial charge in [-0.25, -0.2) is 15.0 Å². The van der Waals surface area contributed by atoms with E-state index in [0.717, 1.165) is 38.5 Å². The van der Waals surface area contributed by atoms with Crippen molar-refractivity contribution in [2.24, 2.45) is 0 Å². The Morgan fingerprint density at radius 3 is 0.965 bits per heavy atom. The largest absolute Gasteiger partial charge is 0.507 e. The first-order valence-electron chi connectivity index (χ1n) is 19.5. The van der Waals surface area contributed by atoms with Crippen LogP contribution in [0, 0.1) is 0 Å². The second-order valence-corrected chi connectivity index (χ2v) is 13.5. The number of aromatic nitrogens is 3. The lowest BCUT2D eigenvalue weighted by Gasteiger charge is -2.15. The van der Waals surface area contributed by atoms with Crippen LogP contribution in [-0.4, -0.2) is 123 Å². The second kappa shape index (κ2) is 24.1. The molecular weight excluding hydrogens is 738 g/mol. The van der Waals surface area contributed by atoms with E-state index in [4.69, 9.17) is 28.4 Å². The van der Waals surface area contributed by atoms with Crippen molar-refractivity contribution in [1.29, 1.82) is 0 Å². The van der Waals surface area contributed by atoms with Crippen LogP contribution in [0.25, 0.3) is 34.2 Å². The number of aliphatic hydroxyl groups excluding tert-OH is 3. The Morgan fingerprint density at radius 2 is 0.719 bits per heavy atom. The number of aromatic hydroxyl groups is 3. The first-order valence-corrected chi connectivity index (χ1v) is 19.5. The molecular formula is C42H57N3O12. The highest BCUT2D eigenvalue weighted by Crippen LogP contribution is 2.37. The summed E-state index contributed by atoms with van der Waals surface area (Å²) >= 11 is 0. The van der Waals surface area contributed by atoms with Gasteiger partial charge >= 0.3 is 0 Å². The molecule has 0 aliphatic rings. The first kappa shape index (κ1) is 44.9. The molecule has 4 rings (SSSR count). The van der Waals surface area contributed by atoms with Gasteiger partial charge < -0.3 is 59.1 Å². The minimum Gasteiger partial charge on any atom is -0.507 e. The summed E-state index contributed by atoms with van der Waals surface area (Å²) < 4.78 is 33.4. The molecule has 0 radical (unpaired) electrons. The highest BCUT2D eigenvalue weighted by Gasteiger charge is 2.20. The van der Waals surface area contributed by atoms with Crippen LogP contribution in [0.3, 0.4) is 0 Å². The number of ether oxygens (including phenoxy) is 6. The zero-order valence-electron chi connectivity index (χ0n) is 33.0. The highest BCUT2D eigenvalue weighted by atomic mass is 16.5. The summed E-state index contributed by atoms with van der Waals surface area (Å²) in [5, 5.41) is 64.1. The summed E-state index contributed by atoms with van der Waals surface area (Å²) in [6, 6.07) is 13.5. The van der Waals surface area contributed by atoms with E-state index in [1.807, 2.05) is 0 Å². The lowest BCUT2D eigenvalue weighted by Crippen LogP contribution is -2.23. The van der Waals surface area contributed by atoms with Gasteiger partial charge in [0.25, 0.3) is 0 Å². The Hall–Kier alpha value is -4.77. The summed E-state index contributed by atoms with van der Waals surface area (Å²) in [5.74, 6) is 0.195. The van der Waals surface area contributed by atoms with Crippen molar-refractivity contribution in [3.05, 3.63) is 54.6 Å². The van der Waals surface area contributed by atoms with Crippen LogP contribution in [0.2, 0.25) is 0 Å². The molecule has 0 aliphatic heterocycles. The summed E-state index contributed by atoms with van der Waals surface area (Å²) in [6.45, 7) is 7.97. The molecule has 0 spiro atoms. The lowest BCUT2D eigenvalue weighted by molar-refractivity contribution is 0.0113. The minimum absolute atomic E-state index is 0.0141. The van der Waals surface area contributed by atoms with Gasteiger partial charge in [0.2, 0.25) is 0 Å². The van der Waals surface area contributed by atoms with Crippen LogP contribution in [0.15, 0.2) is 54.6 Å². The maximum absolute atomic E-state index is 11.1. The van der Waals surface area contributed by atoms with Crippen LogP contribution in [0.1, 0.15) is 59.3 Å². The third-order valence-electron chi connectivity index (χ3n) is 8.45. The van der Waals surface area contributed by atoms with Gasteiger partial charge in [-0.1, -0.05) is 40.0 Å². The fourth-order valence-corrected chi connectivity index (χ4v) is 5.23.